The van der Waals surface area contributed by atoms with Crippen molar-refractivity contribution in [2.75, 3.05) is 7.11 Å². The number of aromatic amines is 1. The molecule has 1 aromatic heterocycles. The van der Waals surface area contributed by atoms with E-state index >= 15 is 0 Å². The molecule has 0 saturated heterocycles. The van der Waals surface area contributed by atoms with Crippen LogP contribution in [0.3, 0.4) is 0 Å². The Kier molecular flexibility index (Phi) is 4.88. The van der Waals surface area contributed by atoms with Gasteiger partial charge in [0.05, 0.1) is 19.2 Å². The summed E-state index contributed by atoms with van der Waals surface area (Å²) in [5, 5.41) is 2.68. The third kappa shape index (κ3) is 3.23. The van der Waals surface area contributed by atoms with Crippen LogP contribution in [0.1, 0.15) is 5.56 Å². The molecular formula is C12H12ClFN2O3. The first-order valence-electron chi connectivity index (χ1n) is 5.24. The van der Waals surface area contributed by atoms with E-state index in [0.717, 1.165) is 0 Å². The maximum Gasteiger partial charge on any atom is 0.310 e. The van der Waals surface area contributed by atoms with Crippen LogP contribution >= 0.6 is 12.4 Å². The molecule has 0 aliphatic carbocycles. The number of carbonyl (C=O) groups is 1. The van der Waals surface area contributed by atoms with Gasteiger partial charge in [0.2, 0.25) is 0 Å². The predicted molar refractivity (Wildman–Crippen MR) is 69.3 cm³/mol. The van der Waals surface area contributed by atoms with Crippen LogP contribution in [0.25, 0.3) is 5.69 Å². The number of ether oxygens (including phenoxy) is 1. The van der Waals surface area contributed by atoms with Crippen molar-refractivity contribution in [2.24, 2.45) is 0 Å². The number of H-pyrrole nitrogens is 1. The molecule has 0 bridgehead atoms. The quantitative estimate of drug-likeness (QED) is 0.869. The van der Waals surface area contributed by atoms with E-state index in [1.54, 1.807) is 6.07 Å². The summed E-state index contributed by atoms with van der Waals surface area (Å²) in [5.74, 6) is -0.944. The number of halogens is 2. The molecule has 0 saturated carbocycles. The largest absolute Gasteiger partial charge is 0.469 e. The number of aromatic nitrogens is 2. The van der Waals surface area contributed by atoms with Crippen LogP contribution in [0.2, 0.25) is 0 Å². The highest BCUT2D eigenvalue weighted by Gasteiger charge is 2.12. The van der Waals surface area contributed by atoms with E-state index in [4.69, 9.17) is 0 Å². The molecule has 0 aliphatic rings. The fourth-order valence-corrected chi connectivity index (χ4v) is 1.57. The number of hydrogen-bond acceptors (Lipinski definition) is 3. The number of esters is 1. The van der Waals surface area contributed by atoms with Crippen molar-refractivity contribution in [3.63, 3.8) is 0 Å². The molecule has 0 atom stereocenters. The van der Waals surface area contributed by atoms with Crippen molar-refractivity contribution in [3.8, 4) is 5.69 Å². The first-order chi connectivity index (χ1) is 8.61. The van der Waals surface area contributed by atoms with Gasteiger partial charge in [-0.2, -0.15) is 0 Å². The molecule has 1 aromatic carbocycles. The number of benzene rings is 1. The summed E-state index contributed by atoms with van der Waals surface area (Å²) in [4.78, 5) is 23.0. The van der Waals surface area contributed by atoms with E-state index in [0.29, 0.717) is 5.69 Å². The average Bonchev–Trinajstić information content (AvgIpc) is 2.71. The Morgan fingerprint density at radius 3 is 2.84 bits per heavy atom. The average molecular weight is 287 g/mol. The van der Waals surface area contributed by atoms with Gasteiger partial charge in [0.15, 0.2) is 0 Å². The van der Waals surface area contributed by atoms with E-state index < -0.39 is 17.3 Å². The minimum atomic E-state index is -0.502. The van der Waals surface area contributed by atoms with Gasteiger partial charge >= 0.3 is 5.97 Å². The van der Waals surface area contributed by atoms with Gasteiger partial charge in [0.25, 0.3) is 5.56 Å². The van der Waals surface area contributed by atoms with E-state index in [1.165, 1.54) is 36.2 Å². The molecule has 0 radical (unpaired) electrons. The molecule has 2 rings (SSSR count). The van der Waals surface area contributed by atoms with Crippen LogP contribution in [0, 0.1) is 5.82 Å². The standard InChI is InChI=1S/C12H11FN2O3.ClH/c1-18-11(16)5-8-7-14-15(12(8)17)10-4-2-3-9(13)6-10;/h2-4,6-7,14H,5H2,1H3;1H. The highest BCUT2D eigenvalue weighted by molar-refractivity contribution is 5.85. The minimum Gasteiger partial charge on any atom is -0.469 e. The third-order valence-electron chi connectivity index (χ3n) is 2.47. The smallest absolute Gasteiger partial charge is 0.310 e. The van der Waals surface area contributed by atoms with Gasteiger partial charge in [-0.25, -0.2) is 9.07 Å². The monoisotopic (exact) mass is 286 g/mol. The Labute approximate surface area is 114 Å². The second-order valence-electron chi connectivity index (χ2n) is 3.67. The van der Waals surface area contributed by atoms with Crippen LogP contribution in [0.15, 0.2) is 35.3 Å². The van der Waals surface area contributed by atoms with E-state index in [1.807, 2.05) is 0 Å². The summed E-state index contributed by atoms with van der Waals surface area (Å²) in [6.07, 6.45) is 1.29. The maximum absolute atomic E-state index is 13.1. The van der Waals surface area contributed by atoms with Gasteiger partial charge in [-0.3, -0.25) is 14.7 Å². The molecule has 0 aliphatic heterocycles. The van der Waals surface area contributed by atoms with Crippen LogP contribution in [0.4, 0.5) is 4.39 Å². The summed E-state index contributed by atoms with van der Waals surface area (Å²) in [6, 6.07) is 5.59. The predicted octanol–water partition coefficient (Wildman–Crippen LogP) is 1.44. The van der Waals surface area contributed by atoms with Crippen LogP contribution in [-0.4, -0.2) is 22.9 Å². The maximum atomic E-state index is 13.1. The zero-order chi connectivity index (χ0) is 13.1. The second kappa shape index (κ2) is 6.19. The van der Waals surface area contributed by atoms with Crippen molar-refractivity contribution >= 4 is 18.4 Å². The van der Waals surface area contributed by atoms with E-state index in [-0.39, 0.29) is 24.4 Å². The van der Waals surface area contributed by atoms with Crippen molar-refractivity contribution in [2.45, 2.75) is 6.42 Å². The van der Waals surface area contributed by atoms with E-state index in [2.05, 4.69) is 9.84 Å². The van der Waals surface area contributed by atoms with Gasteiger partial charge in [-0.15, -0.1) is 12.4 Å². The Morgan fingerprint density at radius 2 is 2.21 bits per heavy atom. The Hall–Kier alpha value is -2.08. The molecule has 0 spiro atoms. The number of rotatable bonds is 3. The van der Waals surface area contributed by atoms with Crippen LogP contribution in [-0.2, 0) is 16.0 Å². The lowest BCUT2D eigenvalue weighted by Gasteiger charge is -2.00. The van der Waals surface area contributed by atoms with Crippen molar-refractivity contribution < 1.29 is 13.9 Å². The number of nitrogens with one attached hydrogen (secondary N) is 1. The SMILES string of the molecule is COC(=O)Cc1c[nH]n(-c2cccc(F)c2)c1=O.Cl. The molecule has 0 fully saturated rings. The molecule has 1 N–H and O–H groups in total. The highest BCUT2D eigenvalue weighted by atomic mass is 35.5. The van der Waals surface area contributed by atoms with Gasteiger partial charge in [0.1, 0.15) is 5.82 Å². The van der Waals surface area contributed by atoms with Gasteiger partial charge in [0, 0.05) is 11.8 Å². The van der Waals surface area contributed by atoms with Gasteiger partial charge in [-0.1, -0.05) is 6.07 Å². The van der Waals surface area contributed by atoms with Crippen LogP contribution < -0.4 is 5.56 Å². The molecule has 7 heteroatoms. The van der Waals surface area contributed by atoms with Gasteiger partial charge < -0.3 is 4.74 Å². The molecule has 19 heavy (non-hydrogen) atoms. The second-order valence-corrected chi connectivity index (χ2v) is 3.67. The molecule has 0 amide bonds. The number of nitrogens with zero attached hydrogens (tertiary/aromatic N) is 1. The fraction of sp³-hybridized carbons (Fsp3) is 0.167. The summed E-state index contributed by atoms with van der Waals surface area (Å²) in [6.45, 7) is 0. The Balaban J connectivity index is 0.00000180. The highest BCUT2D eigenvalue weighted by Crippen LogP contribution is 2.07. The molecule has 1 heterocycles. The topological polar surface area (TPSA) is 64.1 Å². The zero-order valence-corrected chi connectivity index (χ0v) is 10.9. The van der Waals surface area contributed by atoms with Crippen molar-refractivity contribution in [3.05, 3.63) is 52.2 Å². The third-order valence-corrected chi connectivity index (χ3v) is 2.47. The number of carbonyl (C=O) groups excluding carboxylic acids is 1. The Morgan fingerprint density at radius 1 is 1.47 bits per heavy atom. The summed E-state index contributed by atoms with van der Waals surface area (Å²) < 4.78 is 18.7. The molecule has 5 nitrogen and oxygen atoms in total. The number of hydrogen-bond donors (Lipinski definition) is 1. The molecule has 2 aromatic rings. The lowest BCUT2D eigenvalue weighted by atomic mass is 10.2. The Bertz CT molecular complexity index is 636. The normalized spacial score (nSPS) is 9.79. The first kappa shape index (κ1) is 15.0. The summed E-state index contributed by atoms with van der Waals surface area (Å²) in [5.41, 5.74) is 0.244. The summed E-state index contributed by atoms with van der Waals surface area (Å²) >= 11 is 0. The lowest BCUT2D eigenvalue weighted by molar-refractivity contribution is -0.139. The van der Waals surface area contributed by atoms with Crippen molar-refractivity contribution in [1.29, 1.82) is 0 Å². The molecule has 0 unspecified atom stereocenters. The van der Waals surface area contributed by atoms with Gasteiger partial charge in [-0.05, 0) is 18.2 Å². The molecular weight excluding hydrogens is 275 g/mol. The fourth-order valence-electron chi connectivity index (χ4n) is 1.57. The zero-order valence-electron chi connectivity index (χ0n) is 10.1. The molecule has 102 valence electrons. The van der Waals surface area contributed by atoms with Crippen molar-refractivity contribution in [1.82, 2.24) is 9.78 Å². The van der Waals surface area contributed by atoms with E-state index in [9.17, 15) is 14.0 Å². The first-order valence-corrected chi connectivity index (χ1v) is 5.24. The minimum absolute atomic E-state index is 0. The lowest BCUT2D eigenvalue weighted by Crippen LogP contribution is -2.19. The number of methoxy groups -OCH3 is 1. The summed E-state index contributed by atoms with van der Waals surface area (Å²) in [7, 11) is 1.25. The van der Waals surface area contributed by atoms with Crippen LogP contribution in [0.5, 0.6) is 0 Å².